The van der Waals surface area contributed by atoms with Crippen LogP contribution in [0.2, 0.25) is 0 Å². The molecule has 0 radical (unpaired) electrons. The Morgan fingerprint density at radius 2 is 1.50 bits per heavy atom. The van der Waals surface area contributed by atoms with E-state index < -0.39 is 41.6 Å². The second-order valence-electron chi connectivity index (χ2n) is 14.6. The number of para-hydroxylation sites is 1. The number of carbonyl (C=O) groups is 6. The number of carbonyl (C=O) groups excluding carboxylic acids is 6. The number of nitrogens with zero attached hydrogens (tertiary/aromatic N) is 2. The zero-order valence-electron chi connectivity index (χ0n) is 34.6. The number of fused-ring (bicyclic) bond motifs is 1. The number of hydrogen-bond acceptors (Lipinski definition) is 10. The van der Waals surface area contributed by atoms with E-state index in [1.54, 1.807) is 34.0 Å². The lowest BCUT2D eigenvalue weighted by molar-refractivity contribution is -0.135. The third kappa shape index (κ3) is 17.2. The van der Waals surface area contributed by atoms with Crippen molar-refractivity contribution in [3.05, 3.63) is 36.0 Å². The summed E-state index contributed by atoms with van der Waals surface area (Å²) < 4.78 is 0. The molecule has 16 nitrogen and oxygen atoms in total. The van der Waals surface area contributed by atoms with Crippen molar-refractivity contribution in [3.63, 3.8) is 0 Å². The zero-order chi connectivity index (χ0) is 43.4. The number of aromatic nitrogens is 1. The van der Waals surface area contributed by atoms with Crippen LogP contribution in [0, 0.1) is 17.8 Å². The van der Waals surface area contributed by atoms with Crippen molar-refractivity contribution in [2.75, 3.05) is 13.6 Å². The minimum Gasteiger partial charge on any atom is -0.370 e. The number of benzene rings is 1. The van der Waals surface area contributed by atoms with Crippen LogP contribution < -0.4 is 37.9 Å². The highest BCUT2D eigenvalue weighted by Crippen LogP contribution is 2.22. The molecule has 1 heterocycles. The standard InChI is InChI=1S/C40H60N10O6S2/c1-8-12-34(52)31(23(2)3)21-35(53)26(6)45-38(56)33(20-28-22-44-32-15-10-9-14-30(28)32)46-37(55)27(16-17-36(41)54)19-29(51)13-11-18-43-40(58)50-48-25(5)24(4)47-49-39(57)42-7/h9-10,14-15,22-23,26-27,31,33,44H,8,11-13,16-21H2,1-7H3,(H2,41,54)(H,45,56)(H,46,55)(H2,42,49,57)(H2,43,50,58). The van der Waals surface area contributed by atoms with E-state index >= 15 is 0 Å². The van der Waals surface area contributed by atoms with Gasteiger partial charge in [0, 0.05) is 81.1 Å². The molecule has 0 aliphatic heterocycles. The van der Waals surface area contributed by atoms with E-state index in [-0.39, 0.29) is 66.9 Å². The van der Waals surface area contributed by atoms with Crippen LogP contribution in [0.3, 0.4) is 0 Å². The Morgan fingerprint density at radius 3 is 2.12 bits per heavy atom. The van der Waals surface area contributed by atoms with Crippen molar-refractivity contribution in [2.45, 2.75) is 111 Å². The van der Waals surface area contributed by atoms with Gasteiger partial charge in [0.25, 0.3) is 0 Å². The number of hydrazone groups is 2. The number of nitrogens with two attached hydrogens (primary N) is 1. The Balaban J connectivity index is 2.14. The molecule has 0 aliphatic rings. The van der Waals surface area contributed by atoms with E-state index in [0.29, 0.717) is 42.3 Å². The summed E-state index contributed by atoms with van der Waals surface area (Å²) >= 11 is 10.3. The van der Waals surface area contributed by atoms with Gasteiger partial charge >= 0.3 is 0 Å². The average molecular weight is 841 g/mol. The van der Waals surface area contributed by atoms with Crippen LogP contribution in [0.25, 0.3) is 10.9 Å². The molecule has 4 unspecified atom stereocenters. The molecule has 2 rings (SSSR count). The molecule has 0 saturated heterocycles. The minimum atomic E-state index is -1.14. The Morgan fingerprint density at radius 1 is 0.845 bits per heavy atom. The van der Waals surface area contributed by atoms with E-state index in [1.807, 2.05) is 45.0 Å². The molecule has 2 aromatic rings. The van der Waals surface area contributed by atoms with Crippen LogP contribution in [0.5, 0.6) is 0 Å². The van der Waals surface area contributed by atoms with Crippen molar-refractivity contribution < 1.29 is 28.8 Å². The Kier molecular flexibility index (Phi) is 21.4. The van der Waals surface area contributed by atoms with Gasteiger partial charge < -0.3 is 32.0 Å². The molecule has 0 spiro atoms. The summed E-state index contributed by atoms with van der Waals surface area (Å²) in [6, 6.07) is 5.43. The van der Waals surface area contributed by atoms with E-state index in [4.69, 9.17) is 30.2 Å². The van der Waals surface area contributed by atoms with Crippen LogP contribution in [-0.4, -0.2) is 87.4 Å². The van der Waals surface area contributed by atoms with Crippen molar-refractivity contribution in [1.29, 1.82) is 0 Å². The van der Waals surface area contributed by atoms with Gasteiger partial charge in [-0.3, -0.25) is 39.6 Å². The summed E-state index contributed by atoms with van der Waals surface area (Å²) in [6.07, 6.45) is 3.01. The number of H-pyrrole nitrogens is 1. The lowest BCUT2D eigenvalue weighted by atomic mass is 9.84. The fraction of sp³-hybridized carbons (Fsp3) is 0.550. The maximum absolute atomic E-state index is 13.9. The van der Waals surface area contributed by atoms with Gasteiger partial charge in [0.2, 0.25) is 17.7 Å². The molecule has 3 amide bonds. The minimum absolute atomic E-state index is 0.00576. The number of aromatic amines is 1. The molecule has 58 heavy (non-hydrogen) atoms. The fourth-order valence-corrected chi connectivity index (χ4v) is 6.19. The molecule has 18 heteroatoms. The molecule has 1 aromatic heterocycles. The summed E-state index contributed by atoms with van der Waals surface area (Å²) in [5.41, 5.74) is 13.5. The van der Waals surface area contributed by atoms with E-state index in [9.17, 15) is 28.8 Å². The molecule has 0 fully saturated rings. The largest absolute Gasteiger partial charge is 0.370 e. The van der Waals surface area contributed by atoms with Gasteiger partial charge in [0.05, 0.1) is 17.5 Å². The second kappa shape index (κ2) is 25.3. The fourth-order valence-electron chi connectivity index (χ4n) is 5.99. The lowest BCUT2D eigenvalue weighted by Gasteiger charge is -2.25. The van der Waals surface area contributed by atoms with Crippen molar-refractivity contribution in [1.82, 2.24) is 37.1 Å². The predicted octanol–water partition coefficient (Wildman–Crippen LogP) is 3.23. The van der Waals surface area contributed by atoms with Gasteiger partial charge in [-0.15, -0.1) is 0 Å². The molecule has 318 valence electrons. The van der Waals surface area contributed by atoms with E-state index in [1.165, 1.54) is 0 Å². The maximum Gasteiger partial charge on any atom is 0.243 e. The lowest BCUT2D eigenvalue weighted by Crippen LogP contribution is -2.53. The molecule has 0 bridgehead atoms. The van der Waals surface area contributed by atoms with Gasteiger partial charge in [0.1, 0.15) is 17.6 Å². The first kappa shape index (κ1) is 49.0. The number of amides is 3. The maximum atomic E-state index is 13.9. The number of nitrogens with one attached hydrogen (secondary N) is 7. The molecule has 0 saturated carbocycles. The van der Waals surface area contributed by atoms with E-state index in [0.717, 1.165) is 16.5 Å². The Hall–Kier alpha value is -5.10. The molecular formula is C40H60N10O6S2. The summed E-state index contributed by atoms with van der Waals surface area (Å²) in [5, 5.41) is 21.0. The smallest absolute Gasteiger partial charge is 0.243 e. The highest BCUT2D eigenvalue weighted by atomic mass is 32.1. The monoisotopic (exact) mass is 840 g/mol. The summed E-state index contributed by atoms with van der Waals surface area (Å²) in [4.78, 5) is 82.0. The van der Waals surface area contributed by atoms with Gasteiger partial charge in [-0.25, -0.2) is 0 Å². The Bertz CT molecular complexity index is 1840. The molecule has 0 aliphatic carbocycles. The average Bonchev–Trinajstić information content (AvgIpc) is 3.59. The normalized spacial score (nSPS) is 13.8. The summed E-state index contributed by atoms with van der Waals surface area (Å²) in [6.45, 7) is 11.1. The van der Waals surface area contributed by atoms with Crippen LogP contribution in [-0.2, 0) is 35.2 Å². The molecular weight excluding hydrogens is 781 g/mol. The highest BCUT2D eigenvalue weighted by Gasteiger charge is 2.31. The first-order valence-corrected chi connectivity index (χ1v) is 20.4. The van der Waals surface area contributed by atoms with Gasteiger partial charge in [-0.05, 0) is 82.0 Å². The molecule has 9 N–H and O–H groups in total. The summed E-state index contributed by atoms with van der Waals surface area (Å²) in [5.74, 6) is -3.82. The number of thiocarbonyl (C=S) groups is 2. The van der Waals surface area contributed by atoms with Crippen molar-refractivity contribution >= 4 is 92.1 Å². The van der Waals surface area contributed by atoms with Crippen LogP contribution >= 0.6 is 24.4 Å². The SMILES string of the molecule is CCCC(=O)C(CC(=O)C(C)NC(=O)C(Cc1c[nH]c2ccccc12)NC(=O)C(CCC(N)=O)CC(=O)CCCNC(=S)NN=C(C)C(C)=NNC(=S)NC)C(C)C. The number of Topliss-reactive ketones (excluding diaryl/α,β-unsaturated/α-hetero) is 3. The summed E-state index contributed by atoms with van der Waals surface area (Å²) in [7, 11) is 1.67. The second-order valence-corrected chi connectivity index (χ2v) is 15.4. The van der Waals surface area contributed by atoms with Crippen molar-refractivity contribution in [2.24, 2.45) is 33.7 Å². The number of rotatable bonds is 25. The number of ketones is 3. The number of primary amides is 1. The quantitative estimate of drug-likeness (QED) is 0.0311. The first-order valence-electron chi connectivity index (χ1n) is 19.6. The highest BCUT2D eigenvalue weighted by molar-refractivity contribution is 7.80. The zero-order valence-corrected chi connectivity index (χ0v) is 36.2. The number of hydrogen-bond donors (Lipinski definition) is 8. The van der Waals surface area contributed by atoms with Gasteiger partial charge in [-0.2, -0.15) is 10.2 Å². The first-order chi connectivity index (χ1) is 27.5. The van der Waals surface area contributed by atoms with Crippen LogP contribution in [0.4, 0.5) is 0 Å². The van der Waals surface area contributed by atoms with Crippen LogP contribution in [0.15, 0.2) is 40.7 Å². The van der Waals surface area contributed by atoms with Gasteiger partial charge in [0.15, 0.2) is 16.0 Å². The Labute approximate surface area is 351 Å². The van der Waals surface area contributed by atoms with Gasteiger partial charge in [-0.1, -0.05) is 39.0 Å². The topological polar surface area (TPSA) is 241 Å². The molecule has 4 atom stereocenters. The third-order valence-electron chi connectivity index (χ3n) is 9.61. The molecule has 1 aromatic carbocycles. The predicted molar refractivity (Wildman–Crippen MR) is 235 cm³/mol. The van der Waals surface area contributed by atoms with E-state index in [2.05, 4.69) is 47.3 Å². The van der Waals surface area contributed by atoms with Crippen molar-refractivity contribution in [3.8, 4) is 0 Å². The van der Waals surface area contributed by atoms with Crippen LogP contribution in [0.1, 0.15) is 98.5 Å². The third-order valence-corrected chi connectivity index (χ3v) is 10.1.